The standard InChI is InChI=1S/C17H18F3N/c1-3-7-21-17(12-6-4-5-11(2)8-12)13-9-15(19)16(20)10-14(13)18/h4-6,8-10,17,21H,3,7H2,1-2H3. The topological polar surface area (TPSA) is 12.0 Å². The third-order valence-corrected chi connectivity index (χ3v) is 3.32. The smallest absolute Gasteiger partial charge is 0.161 e. The average molecular weight is 293 g/mol. The lowest BCUT2D eigenvalue weighted by molar-refractivity contribution is 0.479. The molecule has 0 radical (unpaired) electrons. The molecule has 0 fully saturated rings. The molecule has 0 aliphatic carbocycles. The van der Waals surface area contributed by atoms with Crippen molar-refractivity contribution in [2.75, 3.05) is 6.54 Å². The van der Waals surface area contributed by atoms with Crippen LogP contribution in [0.4, 0.5) is 13.2 Å². The Labute approximate surface area is 122 Å². The predicted molar refractivity (Wildman–Crippen MR) is 77.6 cm³/mol. The van der Waals surface area contributed by atoms with E-state index in [1.807, 2.05) is 38.1 Å². The summed E-state index contributed by atoms with van der Waals surface area (Å²) in [4.78, 5) is 0. The minimum atomic E-state index is -1.17. The third-order valence-electron chi connectivity index (χ3n) is 3.32. The zero-order valence-corrected chi connectivity index (χ0v) is 12.1. The van der Waals surface area contributed by atoms with Crippen LogP contribution in [0.2, 0.25) is 0 Å². The summed E-state index contributed by atoms with van der Waals surface area (Å²) in [6, 6.07) is 8.58. The van der Waals surface area contributed by atoms with Crippen LogP contribution in [0, 0.1) is 24.4 Å². The quantitative estimate of drug-likeness (QED) is 0.800. The molecule has 0 aromatic heterocycles. The summed E-state index contributed by atoms with van der Waals surface area (Å²) in [6.07, 6.45) is 0.855. The highest BCUT2D eigenvalue weighted by atomic mass is 19.2. The molecule has 4 heteroatoms. The number of hydrogen-bond donors (Lipinski definition) is 1. The van der Waals surface area contributed by atoms with Gasteiger partial charge in [-0.2, -0.15) is 0 Å². The fraction of sp³-hybridized carbons (Fsp3) is 0.294. The van der Waals surface area contributed by atoms with Crippen molar-refractivity contribution in [3.63, 3.8) is 0 Å². The van der Waals surface area contributed by atoms with E-state index >= 15 is 0 Å². The first-order valence-electron chi connectivity index (χ1n) is 6.97. The Kier molecular flexibility index (Phi) is 5.02. The maximum atomic E-state index is 14.0. The minimum absolute atomic E-state index is 0.118. The van der Waals surface area contributed by atoms with Gasteiger partial charge >= 0.3 is 0 Å². The second-order valence-electron chi connectivity index (χ2n) is 5.09. The van der Waals surface area contributed by atoms with E-state index in [2.05, 4.69) is 5.32 Å². The summed E-state index contributed by atoms with van der Waals surface area (Å²) < 4.78 is 40.6. The van der Waals surface area contributed by atoms with Crippen LogP contribution in [-0.4, -0.2) is 6.54 Å². The molecule has 112 valence electrons. The lowest BCUT2D eigenvalue weighted by Gasteiger charge is -2.21. The van der Waals surface area contributed by atoms with Crippen LogP contribution in [0.5, 0.6) is 0 Å². The van der Waals surface area contributed by atoms with Crippen molar-refractivity contribution in [1.82, 2.24) is 5.32 Å². The lowest BCUT2D eigenvalue weighted by atomic mass is 9.96. The predicted octanol–water partition coefficient (Wildman–Crippen LogP) is 4.50. The second-order valence-corrected chi connectivity index (χ2v) is 5.09. The first-order valence-corrected chi connectivity index (χ1v) is 6.97. The third kappa shape index (κ3) is 3.64. The van der Waals surface area contributed by atoms with Crippen LogP contribution in [0.3, 0.4) is 0 Å². The molecule has 2 rings (SSSR count). The molecule has 0 amide bonds. The van der Waals surface area contributed by atoms with E-state index in [1.165, 1.54) is 0 Å². The van der Waals surface area contributed by atoms with E-state index in [1.54, 1.807) is 0 Å². The summed E-state index contributed by atoms with van der Waals surface area (Å²) in [7, 11) is 0. The molecule has 1 atom stereocenters. The highest BCUT2D eigenvalue weighted by molar-refractivity contribution is 5.35. The summed E-state index contributed by atoms with van der Waals surface area (Å²) in [5, 5.41) is 3.19. The van der Waals surface area contributed by atoms with E-state index in [9.17, 15) is 13.2 Å². The molecule has 1 nitrogen and oxygen atoms in total. The molecule has 0 aliphatic heterocycles. The van der Waals surface area contributed by atoms with Gasteiger partial charge in [-0.25, -0.2) is 13.2 Å². The van der Waals surface area contributed by atoms with E-state index < -0.39 is 23.5 Å². The van der Waals surface area contributed by atoms with Gasteiger partial charge in [0, 0.05) is 11.6 Å². The van der Waals surface area contributed by atoms with Crippen molar-refractivity contribution in [1.29, 1.82) is 0 Å². The molecular weight excluding hydrogens is 275 g/mol. The number of halogens is 3. The van der Waals surface area contributed by atoms with Crippen LogP contribution in [0.25, 0.3) is 0 Å². The van der Waals surface area contributed by atoms with Crippen LogP contribution in [0.1, 0.15) is 36.1 Å². The summed E-state index contributed by atoms with van der Waals surface area (Å²) >= 11 is 0. The summed E-state index contributed by atoms with van der Waals surface area (Å²) in [5.74, 6) is -2.96. The van der Waals surface area contributed by atoms with E-state index in [4.69, 9.17) is 0 Å². The van der Waals surface area contributed by atoms with E-state index in [0.29, 0.717) is 12.6 Å². The SMILES string of the molecule is CCCNC(c1cccc(C)c1)c1cc(F)c(F)cc1F. The molecule has 0 saturated heterocycles. The van der Waals surface area contributed by atoms with Crippen molar-refractivity contribution in [2.45, 2.75) is 26.3 Å². The molecule has 1 N–H and O–H groups in total. The van der Waals surface area contributed by atoms with Gasteiger partial charge in [0.2, 0.25) is 0 Å². The molecule has 1 unspecified atom stereocenters. The molecule has 0 spiro atoms. The molecule has 0 heterocycles. The van der Waals surface area contributed by atoms with Gasteiger partial charge in [0.1, 0.15) is 5.82 Å². The molecule has 0 bridgehead atoms. The largest absolute Gasteiger partial charge is 0.306 e. The fourth-order valence-corrected chi connectivity index (χ4v) is 2.30. The normalized spacial score (nSPS) is 12.4. The zero-order chi connectivity index (χ0) is 15.4. The highest BCUT2D eigenvalue weighted by Gasteiger charge is 2.20. The number of hydrogen-bond acceptors (Lipinski definition) is 1. The van der Waals surface area contributed by atoms with Crippen molar-refractivity contribution in [3.05, 3.63) is 70.5 Å². The van der Waals surface area contributed by atoms with Crippen molar-refractivity contribution >= 4 is 0 Å². The summed E-state index contributed by atoms with van der Waals surface area (Å²) in [6.45, 7) is 4.57. The van der Waals surface area contributed by atoms with Gasteiger partial charge in [-0.05, 0) is 31.5 Å². The highest BCUT2D eigenvalue weighted by Crippen LogP contribution is 2.27. The van der Waals surface area contributed by atoms with Crippen molar-refractivity contribution < 1.29 is 13.2 Å². The van der Waals surface area contributed by atoms with Gasteiger partial charge in [-0.1, -0.05) is 36.8 Å². The Hall–Kier alpha value is -1.81. The van der Waals surface area contributed by atoms with Crippen LogP contribution >= 0.6 is 0 Å². The Balaban J connectivity index is 2.47. The summed E-state index contributed by atoms with van der Waals surface area (Å²) in [5.41, 5.74) is 1.97. The van der Waals surface area contributed by atoms with Crippen molar-refractivity contribution in [3.8, 4) is 0 Å². The van der Waals surface area contributed by atoms with E-state index in [0.717, 1.165) is 23.6 Å². The molecular formula is C17H18F3N. The fourth-order valence-electron chi connectivity index (χ4n) is 2.30. The van der Waals surface area contributed by atoms with Crippen LogP contribution < -0.4 is 5.32 Å². The molecule has 2 aromatic rings. The van der Waals surface area contributed by atoms with Crippen LogP contribution in [0.15, 0.2) is 36.4 Å². The number of nitrogens with one attached hydrogen (secondary N) is 1. The Morgan fingerprint density at radius 3 is 2.38 bits per heavy atom. The van der Waals surface area contributed by atoms with Gasteiger partial charge in [-0.3, -0.25) is 0 Å². The molecule has 0 saturated carbocycles. The second kappa shape index (κ2) is 6.76. The maximum absolute atomic E-state index is 14.0. The average Bonchev–Trinajstić information content (AvgIpc) is 2.44. The van der Waals surface area contributed by atoms with Crippen molar-refractivity contribution in [2.24, 2.45) is 0 Å². The number of benzene rings is 2. The monoisotopic (exact) mass is 293 g/mol. The van der Waals surface area contributed by atoms with Gasteiger partial charge in [0.15, 0.2) is 11.6 Å². The van der Waals surface area contributed by atoms with Gasteiger partial charge in [0.05, 0.1) is 6.04 Å². The Morgan fingerprint density at radius 1 is 1.00 bits per heavy atom. The Bertz CT molecular complexity index is 625. The van der Waals surface area contributed by atoms with Gasteiger partial charge < -0.3 is 5.32 Å². The number of rotatable bonds is 5. The van der Waals surface area contributed by atoms with Gasteiger partial charge in [-0.15, -0.1) is 0 Å². The maximum Gasteiger partial charge on any atom is 0.161 e. The molecule has 0 aliphatic rings. The Morgan fingerprint density at radius 2 is 1.71 bits per heavy atom. The molecule has 2 aromatic carbocycles. The zero-order valence-electron chi connectivity index (χ0n) is 12.1. The van der Waals surface area contributed by atoms with Crippen LogP contribution in [-0.2, 0) is 0 Å². The number of aryl methyl sites for hydroxylation is 1. The molecule has 21 heavy (non-hydrogen) atoms. The minimum Gasteiger partial charge on any atom is -0.306 e. The lowest BCUT2D eigenvalue weighted by Crippen LogP contribution is -2.24. The first-order chi connectivity index (χ1) is 10.0. The first kappa shape index (κ1) is 15.6. The van der Waals surface area contributed by atoms with E-state index in [-0.39, 0.29) is 5.56 Å². The van der Waals surface area contributed by atoms with Gasteiger partial charge in [0.25, 0.3) is 0 Å².